The maximum absolute atomic E-state index is 8.36. The molecule has 0 amide bonds. The standard InChI is InChI=1S/C23H38N4O/c1-6-19(3)13-11-9-8-10-12-14-22(24)27(4)23-17-20(25-18-26-23)15-16-21(7-2)28-5/h18-19,24H,6-14,17H2,1-5H3. The molecule has 0 fully saturated rings. The van der Waals surface area contributed by atoms with Gasteiger partial charge in [-0.1, -0.05) is 59.3 Å². The van der Waals surface area contributed by atoms with Crippen molar-refractivity contribution >= 4 is 18.0 Å². The lowest BCUT2D eigenvalue weighted by molar-refractivity contribution is 0.282. The van der Waals surface area contributed by atoms with Gasteiger partial charge in [0.2, 0.25) is 0 Å². The lowest BCUT2D eigenvalue weighted by atomic mass is 10.00. The Morgan fingerprint density at radius 1 is 1.25 bits per heavy atom. The van der Waals surface area contributed by atoms with Crippen LogP contribution in [-0.4, -0.2) is 37.1 Å². The fraction of sp³-hybridized carbons (Fsp3) is 0.696. The van der Waals surface area contributed by atoms with Gasteiger partial charge in [-0.15, -0.1) is 0 Å². The first-order chi connectivity index (χ1) is 13.5. The van der Waals surface area contributed by atoms with Crippen molar-refractivity contribution in [2.24, 2.45) is 15.9 Å². The molecule has 0 aromatic rings. The van der Waals surface area contributed by atoms with E-state index in [1.54, 1.807) is 7.11 Å². The molecule has 1 heterocycles. The summed E-state index contributed by atoms with van der Waals surface area (Å²) in [5.74, 6) is 3.04. The van der Waals surface area contributed by atoms with Crippen molar-refractivity contribution in [2.75, 3.05) is 14.2 Å². The van der Waals surface area contributed by atoms with Crippen LogP contribution < -0.4 is 0 Å². The molecule has 1 aliphatic rings. The molecule has 0 saturated carbocycles. The molecule has 0 bridgehead atoms. The minimum Gasteiger partial charge on any atom is -0.492 e. The number of methoxy groups -OCH3 is 1. The Labute approximate surface area is 171 Å². The van der Waals surface area contributed by atoms with Crippen LogP contribution in [0.15, 0.2) is 32.9 Å². The number of ether oxygens (including phenoxy) is 1. The van der Waals surface area contributed by atoms with Crippen LogP contribution >= 0.6 is 0 Å². The van der Waals surface area contributed by atoms with E-state index in [0.29, 0.717) is 12.3 Å². The van der Waals surface area contributed by atoms with E-state index in [4.69, 9.17) is 10.1 Å². The lowest BCUT2D eigenvalue weighted by Gasteiger charge is -2.22. The molecule has 0 spiro atoms. The van der Waals surface area contributed by atoms with E-state index in [9.17, 15) is 0 Å². The van der Waals surface area contributed by atoms with Crippen molar-refractivity contribution in [2.45, 2.75) is 85.0 Å². The summed E-state index contributed by atoms with van der Waals surface area (Å²) in [6.07, 6.45) is 12.4. The fourth-order valence-corrected chi connectivity index (χ4v) is 2.96. The summed E-state index contributed by atoms with van der Waals surface area (Å²) >= 11 is 0. The number of amidine groups is 2. The Morgan fingerprint density at radius 3 is 2.64 bits per heavy atom. The molecule has 0 aliphatic carbocycles. The lowest BCUT2D eigenvalue weighted by Crippen LogP contribution is -2.33. The molecular formula is C23H38N4O. The Kier molecular flexibility index (Phi) is 12.0. The monoisotopic (exact) mass is 386 g/mol. The smallest absolute Gasteiger partial charge is 0.145 e. The van der Waals surface area contributed by atoms with Crippen molar-refractivity contribution < 1.29 is 4.74 Å². The quantitative estimate of drug-likeness (QED) is 0.154. The summed E-state index contributed by atoms with van der Waals surface area (Å²) in [5, 5.41) is 8.36. The minimum absolute atomic E-state index is 0.554. The van der Waals surface area contributed by atoms with Gasteiger partial charge in [0.05, 0.1) is 19.2 Å². The topological polar surface area (TPSA) is 61.0 Å². The molecule has 1 atom stereocenters. The van der Waals surface area contributed by atoms with Gasteiger partial charge in [0, 0.05) is 19.9 Å². The first-order valence-corrected chi connectivity index (χ1v) is 10.7. The molecule has 0 aromatic carbocycles. The van der Waals surface area contributed by atoms with Gasteiger partial charge in [-0.2, -0.15) is 0 Å². The van der Waals surface area contributed by atoms with Gasteiger partial charge >= 0.3 is 0 Å². The number of aliphatic imine (C=N–C) groups is 2. The van der Waals surface area contributed by atoms with Crippen LogP contribution in [0.5, 0.6) is 0 Å². The van der Waals surface area contributed by atoms with Crippen LogP contribution in [-0.2, 0) is 4.74 Å². The Balaban J connectivity index is 2.41. The normalized spacial score (nSPS) is 14.0. The zero-order valence-electron chi connectivity index (χ0n) is 18.5. The van der Waals surface area contributed by atoms with Gasteiger partial charge in [-0.05, 0) is 23.8 Å². The van der Waals surface area contributed by atoms with Crippen LogP contribution in [0.25, 0.3) is 0 Å². The molecule has 1 aliphatic heterocycles. The van der Waals surface area contributed by atoms with Crippen LogP contribution in [0, 0.1) is 11.3 Å². The molecule has 5 nitrogen and oxygen atoms in total. The van der Waals surface area contributed by atoms with Crippen LogP contribution in [0.1, 0.15) is 85.0 Å². The minimum atomic E-state index is 0.554. The van der Waals surface area contributed by atoms with Gasteiger partial charge in [0.1, 0.15) is 23.8 Å². The Bertz CT molecular complexity index is 644. The van der Waals surface area contributed by atoms with E-state index < -0.39 is 0 Å². The Hall–Kier alpha value is -2.09. The van der Waals surface area contributed by atoms with E-state index in [1.807, 2.05) is 18.9 Å². The highest BCUT2D eigenvalue weighted by molar-refractivity contribution is 6.03. The fourth-order valence-electron chi connectivity index (χ4n) is 2.96. The summed E-state index contributed by atoms with van der Waals surface area (Å²) in [5.41, 5.74) is 6.83. The average Bonchev–Trinajstić information content (AvgIpc) is 2.73. The molecule has 28 heavy (non-hydrogen) atoms. The predicted molar refractivity (Wildman–Crippen MR) is 119 cm³/mol. The second-order valence-corrected chi connectivity index (χ2v) is 7.47. The Morgan fingerprint density at radius 2 is 1.96 bits per heavy atom. The molecule has 0 aromatic heterocycles. The number of unbranched alkanes of at least 4 members (excludes halogenated alkanes) is 4. The summed E-state index contributed by atoms with van der Waals surface area (Å²) in [6, 6.07) is 0. The summed E-state index contributed by atoms with van der Waals surface area (Å²) in [7, 11) is 3.55. The zero-order chi connectivity index (χ0) is 20.8. The van der Waals surface area contributed by atoms with E-state index in [1.165, 1.54) is 44.9 Å². The van der Waals surface area contributed by atoms with Gasteiger partial charge in [0.25, 0.3) is 0 Å². The second-order valence-electron chi connectivity index (χ2n) is 7.47. The number of hydrogen-bond acceptors (Lipinski definition) is 4. The zero-order valence-corrected chi connectivity index (χ0v) is 18.5. The summed E-state index contributed by atoms with van der Waals surface area (Å²) in [4.78, 5) is 10.5. The van der Waals surface area contributed by atoms with Crippen LogP contribution in [0.3, 0.4) is 0 Å². The van der Waals surface area contributed by atoms with Crippen molar-refractivity contribution in [1.29, 1.82) is 5.41 Å². The summed E-state index contributed by atoms with van der Waals surface area (Å²) < 4.78 is 5.20. The molecule has 0 saturated heterocycles. The highest BCUT2D eigenvalue weighted by atomic mass is 16.5. The molecule has 1 unspecified atom stereocenters. The number of hydrogen-bond donors (Lipinski definition) is 1. The molecule has 1 N–H and O–H groups in total. The first-order valence-electron chi connectivity index (χ1n) is 10.7. The van der Waals surface area contributed by atoms with Crippen molar-refractivity contribution in [3.63, 3.8) is 0 Å². The van der Waals surface area contributed by atoms with E-state index in [2.05, 4.69) is 35.3 Å². The molecule has 5 heteroatoms. The van der Waals surface area contributed by atoms with Gasteiger partial charge < -0.3 is 9.64 Å². The molecule has 1 rings (SSSR count). The highest BCUT2D eigenvalue weighted by Crippen LogP contribution is 2.15. The average molecular weight is 387 g/mol. The third kappa shape index (κ3) is 9.21. The number of nitrogens with one attached hydrogen (secondary N) is 1. The summed E-state index contributed by atoms with van der Waals surface area (Å²) in [6.45, 7) is 6.61. The van der Waals surface area contributed by atoms with Crippen LogP contribution in [0.4, 0.5) is 0 Å². The number of nitrogens with zero attached hydrogens (tertiary/aromatic N) is 3. The number of rotatable bonds is 11. The first kappa shape index (κ1) is 23.9. The van der Waals surface area contributed by atoms with Gasteiger partial charge in [-0.3, -0.25) is 5.41 Å². The van der Waals surface area contributed by atoms with Crippen molar-refractivity contribution in [1.82, 2.24) is 4.90 Å². The SMILES string of the molecule is CCC(=C=C=C1CC(N(C)C(=N)CCCCCCCC(C)CC)=NC=N1)OC. The predicted octanol–water partition coefficient (Wildman–Crippen LogP) is 6.08. The molecular weight excluding hydrogens is 348 g/mol. The third-order valence-corrected chi connectivity index (χ3v) is 5.26. The van der Waals surface area contributed by atoms with Gasteiger partial charge in [-0.25, -0.2) is 9.98 Å². The van der Waals surface area contributed by atoms with E-state index in [0.717, 1.165) is 42.5 Å². The van der Waals surface area contributed by atoms with Crippen molar-refractivity contribution in [3.8, 4) is 0 Å². The molecule has 0 radical (unpaired) electrons. The maximum atomic E-state index is 8.36. The second kappa shape index (κ2) is 14.0. The molecule has 156 valence electrons. The third-order valence-electron chi connectivity index (χ3n) is 5.26. The van der Waals surface area contributed by atoms with Gasteiger partial charge in [0.15, 0.2) is 0 Å². The van der Waals surface area contributed by atoms with E-state index in [-0.39, 0.29) is 0 Å². The largest absolute Gasteiger partial charge is 0.492 e. The van der Waals surface area contributed by atoms with E-state index >= 15 is 0 Å². The maximum Gasteiger partial charge on any atom is 0.145 e. The van der Waals surface area contributed by atoms with Crippen LogP contribution in [0.2, 0.25) is 0 Å². The van der Waals surface area contributed by atoms with Crippen molar-refractivity contribution in [3.05, 3.63) is 22.9 Å². The number of allylic oxidation sites excluding steroid dienone is 1. The highest BCUT2D eigenvalue weighted by Gasteiger charge is 2.15.